The number of piperidine rings is 1. The Bertz CT molecular complexity index is 706. The van der Waals surface area contributed by atoms with E-state index in [1.54, 1.807) is 0 Å². The van der Waals surface area contributed by atoms with Gasteiger partial charge in [0.2, 0.25) is 0 Å². The highest BCUT2D eigenvalue weighted by atomic mass is 16.6. The zero-order chi connectivity index (χ0) is 21.1. The van der Waals surface area contributed by atoms with Gasteiger partial charge >= 0.3 is 5.97 Å². The molecule has 2 saturated heterocycles. The van der Waals surface area contributed by atoms with Gasteiger partial charge in [-0.2, -0.15) is 0 Å². The van der Waals surface area contributed by atoms with Gasteiger partial charge in [-0.1, -0.05) is 19.1 Å². The van der Waals surface area contributed by atoms with Crippen molar-refractivity contribution < 1.29 is 14.6 Å². The first kappa shape index (κ1) is 21.8. The van der Waals surface area contributed by atoms with Gasteiger partial charge in [0.15, 0.2) is 0 Å². The highest BCUT2D eigenvalue weighted by molar-refractivity contribution is 5.67. The molecule has 0 radical (unpaired) electrons. The zero-order valence-electron chi connectivity index (χ0n) is 17.0. The van der Waals surface area contributed by atoms with E-state index in [0.717, 1.165) is 37.2 Å². The van der Waals surface area contributed by atoms with Crippen LogP contribution in [0.15, 0.2) is 35.2 Å². The Morgan fingerprint density at radius 1 is 1.48 bits per heavy atom. The van der Waals surface area contributed by atoms with Crippen LogP contribution >= 0.6 is 0 Å². The smallest absolute Gasteiger partial charge is 0.303 e. The summed E-state index contributed by atoms with van der Waals surface area (Å²) in [7, 11) is 0. The van der Waals surface area contributed by atoms with Crippen LogP contribution in [0.5, 0.6) is 0 Å². The third-order valence-electron chi connectivity index (χ3n) is 5.95. The molecule has 2 aliphatic heterocycles. The van der Waals surface area contributed by atoms with Crippen molar-refractivity contribution in [3.05, 3.63) is 35.2 Å². The van der Waals surface area contributed by atoms with Crippen molar-refractivity contribution in [2.45, 2.75) is 50.7 Å². The topological polar surface area (TPSA) is 169 Å². The molecule has 6 atom stereocenters. The van der Waals surface area contributed by atoms with Crippen molar-refractivity contribution in [3.63, 3.8) is 0 Å². The van der Waals surface area contributed by atoms with Crippen molar-refractivity contribution in [1.82, 2.24) is 10.2 Å². The lowest BCUT2D eigenvalue weighted by Gasteiger charge is -2.37. The first-order chi connectivity index (χ1) is 13.8. The fourth-order valence-electron chi connectivity index (χ4n) is 4.29. The van der Waals surface area contributed by atoms with Crippen LogP contribution in [0.2, 0.25) is 0 Å². The van der Waals surface area contributed by atoms with E-state index in [9.17, 15) is 4.79 Å². The Kier molecular flexibility index (Phi) is 6.97. The molecule has 9 nitrogen and oxygen atoms in total. The number of rotatable bonds is 8. The Morgan fingerprint density at radius 3 is 2.79 bits per heavy atom. The molecule has 2 fully saturated rings. The summed E-state index contributed by atoms with van der Waals surface area (Å²) >= 11 is 0. The van der Waals surface area contributed by atoms with Gasteiger partial charge in [-0.05, 0) is 30.8 Å². The number of nitrogens with two attached hydrogens (primary N) is 4. The molecule has 0 aromatic carbocycles. The van der Waals surface area contributed by atoms with Crippen molar-refractivity contribution >= 4 is 5.97 Å². The molecule has 6 unspecified atom stereocenters. The Hall–Kier alpha value is -1.91. The fraction of sp³-hybridized carbons (Fsp3) is 0.650. The SMILES string of the molecule is CC1C=C(N2CCCC(CC(=O)O)C2)C=CC1NC(N)/C(=C(\N)CN)C1OC1N. The average Bonchev–Trinajstić information content (AvgIpc) is 3.38. The molecular weight excluding hydrogens is 372 g/mol. The minimum absolute atomic E-state index is 0.0314. The van der Waals surface area contributed by atoms with Gasteiger partial charge in [0.1, 0.15) is 12.3 Å². The number of likely N-dealkylation sites (tertiary alicyclic amines) is 1. The number of hydrogen-bond donors (Lipinski definition) is 6. The normalized spacial score (nSPS) is 33.7. The van der Waals surface area contributed by atoms with E-state index in [2.05, 4.69) is 35.4 Å². The van der Waals surface area contributed by atoms with E-state index in [-0.39, 0.29) is 43.2 Å². The summed E-state index contributed by atoms with van der Waals surface area (Å²) in [5, 5.41) is 12.5. The maximum absolute atomic E-state index is 11.0. The summed E-state index contributed by atoms with van der Waals surface area (Å²) < 4.78 is 5.36. The maximum atomic E-state index is 11.0. The summed E-state index contributed by atoms with van der Waals surface area (Å²) in [5.74, 6) is -0.323. The van der Waals surface area contributed by atoms with Crippen LogP contribution in [0.1, 0.15) is 26.2 Å². The molecule has 0 bridgehead atoms. The lowest BCUT2D eigenvalue weighted by Crippen LogP contribution is -2.50. The second kappa shape index (κ2) is 9.27. The van der Waals surface area contributed by atoms with Gasteiger partial charge in [-0.3, -0.25) is 10.1 Å². The molecule has 3 aliphatic rings. The van der Waals surface area contributed by atoms with Crippen molar-refractivity contribution in [2.24, 2.45) is 34.8 Å². The van der Waals surface area contributed by atoms with Crippen molar-refractivity contribution in [3.8, 4) is 0 Å². The second-order valence-electron chi connectivity index (χ2n) is 8.24. The number of epoxide rings is 1. The van der Waals surface area contributed by atoms with Crippen LogP contribution < -0.4 is 28.3 Å². The van der Waals surface area contributed by atoms with E-state index >= 15 is 0 Å². The summed E-state index contributed by atoms with van der Waals surface area (Å²) in [6.07, 6.45) is 7.44. The molecule has 0 spiro atoms. The number of carboxylic acids is 1. The molecule has 1 aliphatic carbocycles. The summed E-state index contributed by atoms with van der Waals surface area (Å²) in [6, 6.07) is 0.0314. The van der Waals surface area contributed by atoms with Gasteiger partial charge in [0.05, 0.1) is 6.17 Å². The highest BCUT2D eigenvalue weighted by Gasteiger charge is 2.42. The van der Waals surface area contributed by atoms with Crippen LogP contribution in [0.25, 0.3) is 0 Å². The lowest BCUT2D eigenvalue weighted by atomic mass is 9.91. The van der Waals surface area contributed by atoms with E-state index in [1.165, 1.54) is 0 Å². The predicted molar refractivity (Wildman–Crippen MR) is 111 cm³/mol. The molecule has 0 saturated carbocycles. The third kappa shape index (κ3) is 5.37. The predicted octanol–water partition coefficient (Wildman–Crippen LogP) is -0.639. The minimum atomic E-state index is -0.725. The number of nitrogens with zero attached hydrogens (tertiary/aromatic N) is 1. The van der Waals surface area contributed by atoms with E-state index in [0.29, 0.717) is 5.70 Å². The Labute approximate surface area is 171 Å². The van der Waals surface area contributed by atoms with Crippen LogP contribution in [0, 0.1) is 11.8 Å². The van der Waals surface area contributed by atoms with Gasteiger partial charge < -0.3 is 37.7 Å². The van der Waals surface area contributed by atoms with Gasteiger partial charge in [-0.25, -0.2) is 0 Å². The van der Waals surface area contributed by atoms with Crippen LogP contribution in [-0.2, 0) is 9.53 Å². The first-order valence-corrected chi connectivity index (χ1v) is 10.3. The van der Waals surface area contributed by atoms with Gasteiger partial charge in [0.25, 0.3) is 0 Å². The number of carbonyl (C=O) groups is 1. The molecule has 2 heterocycles. The molecule has 29 heavy (non-hydrogen) atoms. The quantitative estimate of drug-likeness (QED) is 0.227. The monoisotopic (exact) mass is 406 g/mol. The largest absolute Gasteiger partial charge is 0.481 e. The fourth-order valence-corrected chi connectivity index (χ4v) is 4.29. The van der Waals surface area contributed by atoms with Crippen LogP contribution in [0.3, 0.4) is 0 Å². The number of carboxylic acid groups (broad SMARTS) is 1. The molecule has 10 N–H and O–H groups in total. The number of nitrogens with one attached hydrogen (secondary N) is 1. The summed E-state index contributed by atoms with van der Waals surface area (Å²) in [5.41, 5.74) is 26.3. The van der Waals surface area contributed by atoms with Crippen molar-refractivity contribution in [1.29, 1.82) is 0 Å². The van der Waals surface area contributed by atoms with Gasteiger partial charge in [-0.15, -0.1) is 0 Å². The maximum Gasteiger partial charge on any atom is 0.303 e. The zero-order valence-corrected chi connectivity index (χ0v) is 17.0. The number of ether oxygens (including phenoxy) is 1. The summed E-state index contributed by atoms with van der Waals surface area (Å²) in [4.78, 5) is 13.3. The molecule has 0 amide bonds. The Morgan fingerprint density at radius 2 is 2.21 bits per heavy atom. The van der Waals surface area contributed by atoms with Crippen LogP contribution in [0.4, 0.5) is 0 Å². The molecule has 0 aromatic heterocycles. The molecular formula is C20H34N6O3. The standard InChI is InChI=1S/C20H34N6O3/c1-11-7-13(26-6-2-3-12(10-26)8-16(27)28)4-5-15(11)25-19(23)17(14(22)9-21)18-20(24)29-18/h4-5,7,11-12,15,18-20,25H,2-3,6,8-10,21-24H2,1H3,(H,27,28)/b17-14-. The second-order valence-corrected chi connectivity index (χ2v) is 8.24. The molecule has 3 rings (SSSR count). The number of aliphatic carboxylic acids is 1. The van der Waals surface area contributed by atoms with E-state index in [1.807, 2.05) is 0 Å². The first-order valence-electron chi connectivity index (χ1n) is 10.3. The lowest BCUT2D eigenvalue weighted by molar-refractivity contribution is -0.138. The molecule has 9 heteroatoms. The third-order valence-corrected chi connectivity index (χ3v) is 5.95. The van der Waals surface area contributed by atoms with Gasteiger partial charge in [0, 0.05) is 49.1 Å². The minimum Gasteiger partial charge on any atom is -0.481 e. The van der Waals surface area contributed by atoms with Crippen molar-refractivity contribution in [2.75, 3.05) is 19.6 Å². The average molecular weight is 407 g/mol. The van der Waals surface area contributed by atoms with E-state index in [4.69, 9.17) is 32.8 Å². The van der Waals surface area contributed by atoms with E-state index < -0.39 is 12.1 Å². The Balaban J connectivity index is 1.61. The van der Waals surface area contributed by atoms with Crippen LogP contribution in [-0.4, -0.2) is 60.1 Å². The number of hydrogen-bond acceptors (Lipinski definition) is 8. The highest BCUT2D eigenvalue weighted by Crippen LogP contribution is 2.29. The summed E-state index contributed by atoms with van der Waals surface area (Å²) in [6.45, 7) is 4.06. The molecule has 0 aromatic rings. The number of allylic oxidation sites excluding steroid dienone is 1. The molecule has 162 valence electrons.